The lowest BCUT2D eigenvalue weighted by Crippen LogP contribution is -2.28. The molecule has 3 rings (SSSR count). The molecule has 146 valence electrons. The molecule has 7 nitrogen and oxygen atoms in total. The Bertz CT molecular complexity index is 958. The fourth-order valence-electron chi connectivity index (χ4n) is 2.11. The first-order valence-corrected chi connectivity index (χ1v) is 7.76. The van der Waals surface area contributed by atoms with Gasteiger partial charge >= 0.3 is 18.1 Å². The molecular formula is C17H12F4N4O3. The fraction of sp³-hybridized carbons (Fsp3) is 0.118. The fourth-order valence-corrected chi connectivity index (χ4v) is 2.11. The molecule has 0 spiro atoms. The molecule has 0 fully saturated rings. The van der Waals surface area contributed by atoms with Crippen molar-refractivity contribution in [2.75, 3.05) is 5.32 Å². The van der Waals surface area contributed by atoms with Gasteiger partial charge in [0, 0.05) is 16.8 Å². The summed E-state index contributed by atoms with van der Waals surface area (Å²) in [5.74, 6) is -2.15. The molecule has 0 aliphatic carbocycles. The lowest BCUT2D eigenvalue weighted by Gasteiger charge is -2.08. The van der Waals surface area contributed by atoms with Gasteiger partial charge in [0.15, 0.2) is 0 Å². The van der Waals surface area contributed by atoms with Gasteiger partial charge in [-0.05, 0) is 30.3 Å². The van der Waals surface area contributed by atoms with E-state index in [0.29, 0.717) is 5.69 Å². The van der Waals surface area contributed by atoms with Crippen molar-refractivity contribution in [3.63, 3.8) is 0 Å². The van der Waals surface area contributed by atoms with Crippen molar-refractivity contribution >= 4 is 11.7 Å². The number of benzene rings is 2. The third-order valence-corrected chi connectivity index (χ3v) is 3.42. The summed E-state index contributed by atoms with van der Waals surface area (Å²) in [4.78, 5) is 19.9. The van der Waals surface area contributed by atoms with Crippen molar-refractivity contribution in [2.24, 2.45) is 0 Å². The quantitative estimate of drug-likeness (QED) is 0.500. The molecule has 0 aliphatic heterocycles. The van der Waals surface area contributed by atoms with Crippen LogP contribution in [-0.2, 0) is 17.6 Å². The number of anilines is 1. The number of nitrogens with zero attached hydrogens (tertiary/aromatic N) is 2. The van der Waals surface area contributed by atoms with Crippen molar-refractivity contribution in [3.8, 4) is 11.4 Å². The van der Waals surface area contributed by atoms with Gasteiger partial charge in [0.1, 0.15) is 12.4 Å². The molecule has 1 aromatic heterocycles. The Morgan fingerprint density at radius 3 is 2.46 bits per heavy atom. The first kappa shape index (κ1) is 19.3. The van der Waals surface area contributed by atoms with Gasteiger partial charge in [0.05, 0.1) is 0 Å². The lowest BCUT2D eigenvalue weighted by atomic mass is 10.2. The predicted octanol–water partition coefficient (Wildman–Crippen LogP) is 4.15. The summed E-state index contributed by atoms with van der Waals surface area (Å²) in [6, 6.07) is 10.9. The van der Waals surface area contributed by atoms with Crippen LogP contribution in [0.15, 0.2) is 53.1 Å². The molecule has 0 radical (unpaired) electrons. The number of hydroxylamine groups is 1. The second-order valence-corrected chi connectivity index (χ2v) is 5.43. The van der Waals surface area contributed by atoms with E-state index in [-0.39, 0.29) is 23.6 Å². The van der Waals surface area contributed by atoms with E-state index in [1.54, 1.807) is 6.07 Å². The minimum absolute atomic E-state index is 0.168. The number of carbonyl (C=O) groups is 1. The molecule has 0 unspecified atom stereocenters. The van der Waals surface area contributed by atoms with Crippen molar-refractivity contribution in [1.82, 2.24) is 15.6 Å². The smallest absolute Gasteiger partial charge is 0.329 e. The third kappa shape index (κ3) is 4.82. The summed E-state index contributed by atoms with van der Waals surface area (Å²) in [5.41, 5.74) is 2.95. The Morgan fingerprint density at radius 1 is 1.11 bits per heavy atom. The number of nitrogens with one attached hydrogen (secondary N) is 2. The third-order valence-electron chi connectivity index (χ3n) is 3.42. The largest absolute Gasteiger partial charge is 0.471 e. The maximum absolute atomic E-state index is 13.4. The summed E-state index contributed by atoms with van der Waals surface area (Å²) in [7, 11) is 0. The molecule has 0 aliphatic rings. The highest BCUT2D eigenvalue weighted by Gasteiger charge is 2.38. The Kier molecular flexibility index (Phi) is 5.54. The van der Waals surface area contributed by atoms with Crippen LogP contribution >= 0.6 is 0 Å². The van der Waals surface area contributed by atoms with Crippen LogP contribution in [0, 0.1) is 5.82 Å². The molecule has 2 amide bonds. The van der Waals surface area contributed by atoms with E-state index in [0.717, 1.165) is 0 Å². The highest BCUT2D eigenvalue weighted by Crippen LogP contribution is 2.29. The summed E-state index contributed by atoms with van der Waals surface area (Å²) in [5, 5.41) is 5.70. The number of alkyl halides is 3. The molecule has 0 atom stereocenters. The van der Waals surface area contributed by atoms with E-state index in [4.69, 9.17) is 4.84 Å². The SMILES string of the molecule is O=C(NOCc1ccccc1F)Nc1ccc(-c2noc(C(F)(F)F)n2)cc1. The molecule has 3 aromatic rings. The molecular weight excluding hydrogens is 384 g/mol. The van der Waals surface area contributed by atoms with Gasteiger partial charge < -0.3 is 9.84 Å². The predicted molar refractivity (Wildman–Crippen MR) is 88.1 cm³/mol. The maximum Gasteiger partial charge on any atom is 0.471 e. The normalized spacial score (nSPS) is 11.3. The summed E-state index contributed by atoms with van der Waals surface area (Å²) < 4.78 is 55.0. The number of urea groups is 1. The molecule has 2 aromatic carbocycles. The van der Waals surface area contributed by atoms with Crippen LogP contribution < -0.4 is 10.8 Å². The van der Waals surface area contributed by atoms with Gasteiger partial charge in [-0.3, -0.25) is 4.84 Å². The van der Waals surface area contributed by atoms with Crippen LogP contribution in [0.5, 0.6) is 0 Å². The molecule has 0 bridgehead atoms. The van der Waals surface area contributed by atoms with Crippen LogP contribution in [0.2, 0.25) is 0 Å². The Labute approximate surface area is 155 Å². The van der Waals surface area contributed by atoms with Gasteiger partial charge in [-0.15, -0.1) is 0 Å². The average Bonchev–Trinajstić information content (AvgIpc) is 3.14. The monoisotopic (exact) mass is 396 g/mol. The zero-order chi connectivity index (χ0) is 20.1. The Morgan fingerprint density at radius 2 is 1.82 bits per heavy atom. The minimum Gasteiger partial charge on any atom is -0.329 e. The highest BCUT2D eigenvalue weighted by molar-refractivity contribution is 5.88. The van der Waals surface area contributed by atoms with E-state index < -0.39 is 23.9 Å². The highest BCUT2D eigenvalue weighted by atomic mass is 19.4. The van der Waals surface area contributed by atoms with Crippen LogP contribution in [0.25, 0.3) is 11.4 Å². The maximum atomic E-state index is 13.4. The van der Waals surface area contributed by atoms with Gasteiger partial charge in [-0.1, -0.05) is 23.4 Å². The topological polar surface area (TPSA) is 89.3 Å². The van der Waals surface area contributed by atoms with Crippen LogP contribution in [0.3, 0.4) is 0 Å². The van der Waals surface area contributed by atoms with E-state index in [1.807, 2.05) is 0 Å². The summed E-state index contributed by atoms with van der Waals surface area (Å²) >= 11 is 0. The van der Waals surface area contributed by atoms with E-state index in [9.17, 15) is 22.4 Å². The average molecular weight is 396 g/mol. The van der Waals surface area contributed by atoms with Gasteiger partial charge in [0.25, 0.3) is 0 Å². The van der Waals surface area contributed by atoms with E-state index in [2.05, 4.69) is 25.5 Å². The molecule has 11 heteroatoms. The number of carbonyl (C=O) groups excluding carboxylic acids is 1. The van der Waals surface area contributed by atoms with Crippen LogP contribution in [-0.4, -0.2) is 16.2 Å². The lowest BCUT2D eigenvalue weighted by molar-refractivity contribution is -0.159. The number of halogens is 4. The van der Waals surface area contributed by atoms with Crippen molar-refractivity contribution in [2.45, 2.75) is 12.8 Å². The van der Waals surface area contributed by atoms with E-state index >= 15 is 0 Å². The first-order chi connectivity index (χ1) is 13.3. The molecule has 1 heterocycles. The number of aromatic nitrogens is 2. The number of amides is 2. The van der Waals surface area contributed by atoms with Crippen molar-refractivity contribution < 1.29 is 31.7 Å². The Balaban J connectivity index is 1.53. The molecule has 2 N–H and O–H groups in total. The van der Waals surface area contributed by atoms with E-state index in [1.165, 1.54) is 42.5 Å². The standard InChI is InChI=1S/C17H12F4N4O3/c18-13-4-2-1-3-11(13)9-27-25-16(26)22-12-7-5-10(6-8-12)14-23-15(28-24-14)17(19,20)21/h1-8H,9H2,(H2,22,25,26). The summed E-state index contributed by atoms with van der Waals surface area (Å²) in [6.07, 6.45) is -4.73. The Hall–Kier alpha value is -3.47. The van der Waals surface area contributed by atoms with Gasteiger partial charge in [0.2, 0.25) is 5.82 Å². The zero-order valence-electron chi connectivity index (χ0n) is 14.0. The van der Waals surface area contributed by atoms with Crippen LogP contribution in [0.1, 0.15) is 11.5 Å². The van der Waals surface area contributed by atoms with Crippen molar-refractivity contribution in [3.05, 3.63) is 65.8 Å². The molecule has 0 saturated carbocycles. The van der Waals surface area contributed by atoms with Crippen LogP contribution in [0.4, 0.5) is 28.0 Å². The number of hydrogen-bond acceptors (Lipinski definition) is 5. The van der Waals surface area contributed by atoms with Gasteiger partial charge in [-0.2, -0.15) is 18.2 Å². The minimum atomic E-state index is -4.73. The second-order valence-electron chi connectivity index (χ2n) is 5.43. The van der Waals surface area contributed by atoms with Crippen molar-refractivity contribution in [1.29, 1.82) is 0 Å². The molecule has 28 heavy (non-hydrogen) atoms. The first-order valence-electron chi connectivity index (χ1n) is 7.76. The molecule has 0 saturated heterocycles. The zero-order valence-corrected chi connectivity index (χ0v) is 14.0. The number of rotatable bonds is 5. The number of hydrogen-bond donors (Lipinski definition) is 2. The summed E-state index contributed by atoms with van der Waals surface area (Å²) in [6.45, 7) is -0.168. The second kappa shape index (κ2) is 8.05. The van der Waals surface area contributed by atoms with Gasteiger partial charge in [-0.25, -0.2) is 14.7 Å².